The Bertz CT molecular complexity index is 415. The molecule has 0 bridgehead atoms. The van der Waals surface area contributed by atoms with Crippen LogP contribution >= 0.6 is 0 Å². The molecule has 0 saturated heterocycles. The third kappa shape index (κ3) is 3.76. The van der Waals surface area contributed by atoms with E-state index < -0.39 is 0 Å². The van der Waals surface area contributed by atoms with Crippen LogP contribution < -0.4 is 5.32 Å². The van der Waals surface area contributed by atoms with Gasteiger partial charge in [0.1, 0.15) is 5.75 Å². The van der Waals surface area contributed by atoms with Crippen molar-refractivity contribution in [3.63, 3.8) is 0 Å². The van der Waals surface area contributed by atoms with Crippen molar-refractivity contribution in [1.82, 2.24) is 10.2 Å². The lowest BCUT2D eigenvalue weighted by Gasteiger charge is -2.21. The zero-order chi connectivity index (χ0) is 13.5. The largest absolute Gasteiger partial charge is 0.508 e. The molecule has 2 amide bonds. The molecule has 18 heavy (non-hydrogen) atoms. The number of carbonyl (C=O) groups excluding carboxylic acids is 2. The van der Waals surface area contributed by atoms with Crippen molar-refractivity contribution in [3.05, 3.63) is 29.8 Å². The molecule has 1 aromatic rings. The van der Waals surface area contributed by atoms with Gasteiger partial charge in [-0.1, -0.05) is 6.92 Å². The van der Waals surface area contributed by atoms with Crippen LogP contribution in [0.4, 0.5) is 0 Å². The molecule has 5 heteroatoms. The standard InChI is InChI=1S/C13H18N2O3/c1-3-8-15(9-12(17)14-2)13(18)10-4-6-11(16)7-5-10/h4-7,16H,3,8-9H2,1-2H3,(H,14,17). The molecule has 0 aliphatic carbocycles. The van der Waals surface area contributed by atoms with Crippen LogP contribution in [-0.2, 0) is 4.79 Å². The minimum absolute atomic E-state index is 0.0457. The topological polar surface area (TPSA) is 69.6 Å². The third-order valence-electron chi connectivity index (χ3n) is 2.51. The normalized spacial score (nSPS) is 9.89. The van der Waals surface area contributed by atoms with Crippen LogP contribution in [0.1, 0.15) is 23.7 Å². The van der Waals surface area contributed by atoms with Crippen molar-refractivity contribution >= 4 is 11.8 Å². The lowest BCUT2D eigenvalue weighted by atomic mass is 10.2. The van der Waals surface area contributed by atoms with Gasteiger partial charge in [0.05, 0.1) is 6.54 Å². The van der Waals surface area contributed by atoms with Crippen LogP contribution in [0, 0.1) is 0 Å². The molecule has 1 rings (SSSR count). The molecule has 0 spiro atoms. The quantitative estimate of drug-likeness (QED) is 0.818. The van der Waals surface area contributed by atoms with Gasteiger partial charge in [0.2, 0.25) is 5.91 Å². The number of benzene rings is 1. The molecule has 1 aromatic carbocycles. The fraction of sp³-hybridized carbons (Fsp3) is 0.385. The van der Waals surface area contributed by atoms with E-state index in [9.17, 15) is 14.7 Å². The molecule has 0 unspecified atom stereocenters. The summed E-state index contributed by atoms with van der Waals surface area (Å²) in [4.78, 5) is 25.0. The lowest BCUT2D eigenvalue weighted by molar-refractivity contribution is -0.121. The first-order valence-electron chi connectivity index (χ1n) is 5.87. The van der Waals surface area contributed by atoms with Gasteiger partial charge in [-0.05, 0) is 30.7 Å². The van der Waals surface area contributed by atoms with Gasteiger partial charge in [-0.2, -0.15) is 0 Å². The summed E-state index contributed by atoms with van der Waals surface area (Å²) >= 11 is 0. The Balaban J connectivity index is 2.81. The van der Waals surface area contributed by atoms with Crippen molar-refractivity contribution < 1.29 is 14.7 Å². The Kier molecular flexibility index (Phi) is 5.17. The highest BCUT2D eigenvalue weighted by molar-refractivity contribution is 5.96. The predicted octanol–water partition coefficient (Wildman–Crippen LogP) is 0.990. The van der Waals surface area contributed by atoms with E-state index >= 15 is 0 Å². The van der Waals surface area contributed by atoms with Crippen molar-refractivity contribution in [3.8, 4) is 5.75 Å². The summed E-state index contributed by atoms with van der Waals surface area (Å²) in [5, 5.41) is 11.7. The Morgan fingerprint density at radius 2 is 1.89 bits per heavy atom. The fourth-order valence-electron chi connectivity index (χ4n) is 1.56. The van der Waals surface area contributed by atoms with E-state index in [-0.39, 0.29) is 24.1 Å². The van der Waals surface area contributed by atoms with Crippen LogP contribution in [0.2, 0.25) is 0 Å². The number of likely N-dealkylation sites (N-methyl/N-ethyl adjacent to an activating group) is 1. The van der Waals surface area contributed by atoms with Crippen molar-refractivity contribution in [1.29, 1.82) is 0 Å². The molecule has 0 aromatic heterocycles. The van der Waals surface area contributed by atoms with Gasteiger partial charge >= 0.3 is 0 Å². The average Bonchev–Trinajstić information content (AvgIpc) is 2.38. The summed E-state index contributed by atoms with van der Waals surface area (Å²) < 4.78 is 0. The molecule has 0 aliphatic rings. The molecule has 0 saturated carbocycles. The maximum Gasteiger partial charge on any atom is 0.254 e. The van der Waals surface area contributed by atoms with E-state index in [0.29, 0.717) is 12.1 Å². The number of rotatable bonds is 5. The predicted molar refractivity (Wildman–Crippen MR) is 68.4 cm³/mol. The first kappa shape index (κ1) is 14.0. The van der Waals surface area contributed by atoms with Gasteiger partial charge in [0.25, 0.3) is 5.91 Å². The Morgan fingerprint density at radius 1 is 1.28 bits per heavy atom. The summed E-state index contributed by atoms with van der Waals surface area (Å²) in [5.74, 6) is -0.295. The van der Waals surface area contributed by atoms with Gasteiger partial charge in [-0.3, -0.25) is 9.59 Å². The van der Waals surface area contributed by atoms with Gasteiger partial charge in [-0.15, -0.1) is 0 Å². The number of carbonyl (C=O) groups is 2. The van der Waals surface area contributed by atoms with Crippen molar-refractivity contribution in [2.45, 2.75) is 13.3 Å². The molecule has 0 heterocycles. The van der Waals surface area contributed by atoms with Crippen LogP contribution in [0.15, 0.2) is 24.3 Å². The average molecular weight is 250 g/mol. The minimum Gasteiger partial charge on any atom is -0.508 e. The maximum absolute atomic E-state index is 12.2. The molecule has 5 nitrogen and oxygen atoms in total. The van der Waals surface area contributed by atoms with Crippen LogP contribution in [0.3, 0.4) is 0 Å². The number of phenols is 1. The van der Waals surface area contributed by atoms with E-state index in [1.54, 1.807) is 12.1 Å². The monoisotopic (exact) mass is 250 g/mol. The van der Waals surface area contributed by atoms with Crippen LogP contribution in [-0.4, -0.2) is 42.0 Å². The molecule has 0 atom stereocenters. The van der Waals surface area contributed by atoms with Gasteiger partial charge in [-0.25, -0.2) is 0 Å². The van der Waals surface area contributed by atoms with Gasteiger partial charge < -0.3 is 15.3 Å². The van der Waals surface area contributed by atoms with Gasteiger partial charge in [0, 0.05) is 19.2 Å². The number of nitrogens with zero attached hydrogens (tertiary/aromatic N) is 1. The van der Waals surface area contributed by atoms with E-state index in [1.807, 2.05) is 6.92 Å². The summed E-state index contributed by atoms with van der Waals surface area (Å²) in [6.07, 6.45) is 0.779. The highest BCUT2D eigenvalue weighted by atomic mass is 16.3. The summed E-state index contributed by atoms with van der Waals surface area (Å²) in [5.41, 5.74) is 0.463. The number of hydrogen-bond acceptors (Lipinski definition) is 3. The molecule has 0 radical (unpaired) electrons. The van der Waals surface area contributed by atoms with E-state index in [2.05, 4.69) is 5.32 Å². The first-order chi connectivity index (χ1) is 8.58. The highest BCUT2D eigenvalue weighted by Crippen LogP contribution is 2.12. The maximum atomic E-state index is 12.2. The Hall–Kier alpha value is -2.04. The van der Waals surface area contributed by atoms with Crippen molar-refractivity contribution in [2.24, 2.45) is 0 Å². The zero-order valence-corrected chi connectivity index (χ0v) is 10.6. The van der Waals surface area contributed by atoms with E-state index in [0.717, 1.165) is 6.42 Å². The number of amides is 2. The second-order valence-corrected chi connectivity index (χ2v) is 3.95. The number of aromatic hydroxyl groups is 1. The smallest absolute Gasteiger partial charge is 0.254 e. The molecule has 0 aliphatic heterocycles. The summed E-state index contributed by atoms with van der Waals surface area (Å²) in [7, 11) is 1.54. The molecular formula is C13H18N2O3. The number of nitrogens with one attached hydrogen (secondary N) is 1. The van der Waals surface area contributed by atoms with Crippen molar-refractivity contribution in [2.75, 3.05) is 20.1 Å². The summed E-state index contributed by atoms with van der Waals surface area (Å²) in [6.45, 7) is 2.51. The second-order valence-electron chi connectivity index (χ2n) is 3.95. The van der Waals surface area contributed by atoms with E-state index in [1.165, 1.54) is 24.1 Å². The molecule has 0 fully saturated rings. The number of phenolic OH excluding ortho intramolecular Hbond substituents is 1. The Morgan fingerprint density at radius 3 is 2.39 bits per heavy atom. The van der Waals surface area contributed by atoms with Crippen LogP contribution in [0.25, 0.3) is 0 Å². The lowest BCUT2D eigenvalue weighted by Crippen LogP contribution is -2.40. The Labute approximate surface area is 106 Å². The summed E-state index contributed by atoms with van der Waals surface area (Å²) in [6, 6.07) is 6.00. The van der Waals surface area contributed by atoms with E-state index in [4.69, 9.17) is 0 Å². The molecule has 2 N–H and O–H groups in total. The fourth-order valence-corrected chi connectivity index (χ4v) is 1.56. The SMILES string of the molecule is CCCN(CC(=O)NC)C(=O)c1ccc(O)cc1. The van der Waals surface area contributed by atoms with Gasteiger partial charge in [0.15, 0.2) is 0 Å². The van der Waals surface area contributed by atoms with Crippen LogP contribution in [0.5, 0.6) is 5.75 Å². The first-order valence-corrected chi connectivity index (χ1v) is 5.87. The molecule has 98 valence electrons. The molecular weight excluding hydrogens is 232 g/mol. The highest BCUT2D eigenvalue weighted by Gasteiger charge is 2.17. The minimum atomic E-state index is -0.208. The number of hydrogen-bond donors (Lipinski definition) is 2. The third-order valence-corrected chi connectivity index (χ3v) is 2.51. The zero-order valence-electron chi connectivity index (χ0n) is 10.6. The second kappa shape index (κ2) is 6.64.